The van der Waals surface area contributed by atoms with Gasteiger partial charge in [0.2, 0.25) is 5.91 Å². The molecule has 7 nitrogen and oxygen atoms in total. The van der Waals surface area contributed by atoms with Gasteiger partial charge in [-0.25, -0.2) is 4.79 Å². The Hall–Kier alpha value is -1.89. The van der Waals surface area contributed by atoms with Gasteiger partial charge in [-0.3, -0.25) is 14.4 Å². The van der Waals surface area contributed by atoms with Crippen molar-refractivity contribution >= 4 is 11.9 Å². The van der Waals surface area contributed by atoms with Gasteiger partial charge in [-0.05, 0) is 13.0 Å². The van der Waals surface area contributed by atoms with Crippen LogP contribution in [0.25, 0.3) is 0 Å². The predicted octanol–water partition coefficient (Wildman–Crippen LogP) is 0.206. The Bertz CT molecular complexity index is 456. The van der Waals surface area contributed by atoms with E-state index in [-0.39, 0.29) is 12.1 Å². The van der Waals surface area contributed by atoms with Gasteiger partial charge in [-0.1, -0.05) is 13.3 Å². The maximum Gasteiger partial charge on any atom is 0.339 e. The number of amides is 1. The number of rotatable bonds is 8. The number of hydrogen-bond acceptors (Lipinski definition) is 4. The maximum absolute atomic E-state index is 11.1. The highest BCUT2D eigenvalue weighted by molar-refractivity contribution is 5.88. The van der Waals surface area contributed by atoms with Crippen LogP contribution in [0.15, 0.2) is 6.20 Å². The maximum atomic E-state index is 11.1. The van der Waals surface area contributed by atoms with Gasteiger partial charge >= 0.3 is 5.97 Å². The van der Waals surface area contributed by atoms with Gasteiger partial charge in [0, 0.05) is 13.6 Å². The Morgan fingerprint density at radius 3 is 2.74 bits per heavy atom. The lowest BCUT2D eigenvalue weighted by Gasteiger charge is -2.20. The van der Waals surface area contributed by atoms with E-state index in [2.05, 4.69) is 12.0 Å². The topological polar surface area (TPSA) is 101 Å². The van der Waals surface area contributed by atoms with Gasteiger partial charge in [0.05, 0.1) is 18.4 Å². The first-order chi connectivity index (χ1) is 8.95. The van der Waals surface area contributed by atoms with E-state index in [9.17, 15) is 9.59 Å². The summed E-state index contributed by atoms with van der Waals surface area (Å²) in [6.45, 7) is 3.21. The molecule has 1 heterocycles. The standard InChI is InChI=1S/C12H20N4O3/c1-3-4-5-16(8-11(13)17)7-10-9(12(18)19)6-14-15(10)2/h6H,3-5,7-8H2,1-2H3,(H2,13,17)(H,18,19). The van der Waals surface area contributed by atoms with Crippen LogP contribution < -0.4 is 5.73 Å². The molecule has 1 amide bonds. The quantitative estimate of drug-likeness (QED) is 0.701. The van der Waals surface area contributed by atoms with Crippen molar-refractivity contribution in [3.05, 3.63) is 17.5 Å². The second kappa shape index (κ2) is 6.89. The number of nitrogens with zero attached hydrogens (tertiary/aromatic N) is 3. The number of unbranched alkanes of at least 4 members (excludes halogenated alkanes) is 1. The Balaban J connectivity index is 2.85. The molecule has 0 saturated carbocycles. The van der Waals surface area contributed by atoms with E-state index < -0.39 is 11.9 Å². The molecule has 0 fully saturated rings. The molecule has 1 aromatic rings. The molecule has 0 aliphatic rings. The van der Waals surface area contributed by atoms with Crippen molar-refractivity contribution in [3.63, 3.8) is 0 Å². The molecule has 0 aromatic carbocycles. The lowest BCUT2D eigenvalue weighted by Crippen LogP contribution is -2.35. The molecule has 0 spiro atoms. The SMILES string of the molecule is CCCCN(CC(N)=O)Cc1c(C(=O)O)cnn1C. The first-order valence-corrected chi connectivity index (χ1v) is 6.20. The predicted molar refractivity (Wildman–Crippen MR) is 69.5 cm³/mol. The van der Waals surface area contributed by atoms with Crippen LogP contribution in [0.2, 0.25) is 0 Å². The summed E-state index contributed by atoms with van der Waals surface area (Å²) in [7, 11) is 1.68. The molecule has 0 aliphatic carbocycles. The van der Waals surface area contributed by atoms with Gasteiger partial charge in [0.15, 0.2) is 0 Å². The zero-order valence-corrected chi connectivity index (χ0v) is 11.3. The fraction of sp³-hybridized carbons (Fsp3) is 0.583. The summed E-state index contributed by atoms with van der Waals surface area (Å²) in [6.07, 6.45) is 3.24. The number of carboxylic acid groups (broad SMARTS) is 1. The molecule has 0 saturated heterocycles. The second-order valence-electron chi connectivity index (χ2n) is 4.46. The minimum atomic E-state index is -1.02. The fourth-order valence-electron chi connectivity index (χ4n) is 1.86. The van der Waals surface area contributed by atoms with E-state index in [0.717, 1.165) is 12.8 Å². The average Bonchev–Trinajstić information content (AvgIpc) is 2.67. The zero-order valence-electron chi connectivity index (χ0n) is 11.3. The van der Waals surface area contributed by atoms with Crippen LogP contribution in [0, 0.1) is 0 Å². The highest BCUT2D eigenvalue weighted by Crippen LogP contribution is 2.11. The summed E-state index contributed by atoms with van der Waals surface area (Å²) < 4.78 is 1.52. The molecule has 19 heavy (non-hydrogen) atoms. The van der Waals surface area contributed by atoms with E-state index in [1.165, 1.54) is 10.9 Å². The third kappa shape index (κ3) is 4.36. The van der Waals surface area contributed by atoms with Crippen LogP contribution in [0.1, 0.15) is 35.8 Å². The van der Waals surface area contributed by atoms with Crippen molar-refractivity contribution in [3.8, 4) is 0 Å². The summed E-state index contributed by atoms with van der Waals surface area (Å²) in [4.78, 5) is 24.0. The molecule has 106 valence electrons. The lowest BCUT2D eigenvalue weighted by molar-refractivity contribution is -0.119. The number of aryl methyl sites for hydroxylation is 1. The zero-order chi connectivity index (χ0) is 14.4. The van der Waals surface area contributed by atoms with Gasteiger partial charge < -0.3 is 10.8 Å². The van der Waals surface area contributed by atoms with Crippen molar-refractivity contribution in [2.75, 3.05) is 13.1 Å². The van der Waals surface area contributed by atoms with Crippen LogP contribution in [0.5, 0.6) is 0 Å². The Kier molecular flexibility index (Phi) is 5.50. The van der Waals surface area contributed by atoms with E-state index >= 15 is 0 Å². The van der Waals surface area contributed by atoms with Crippen molar-refractivity contribution < 1.29 is 14.7 Å². The van der Waals surface area contributed by atoms with Gasteiger partial charge in [-0.15, -0.1) is 0 Å². The third-order valence-corrected chi connectivity index (χ3v) is 2.87. The summed E-state index contributed by atoms with van der Waals surface area (Å²) >= 11 is 0. The monoisotopic (exact) mass is 268 g/mol. The van der Waals surface area contributed by atoms with Crippen LogP contribution >= 0.6 is 0 Å². The van der Waals surface area contributed by atoms with E-state index in [0.29, 0.717) is 18.8 Å². The molecule has 0 atom stereocenters. The van der Waals surface area contributed by atoms with E-state index in [1.54, 1.807) is 7.05 Å². The number of primary amides is 1. The molecular formula is C12H20N4O3. The molecule has 1 rings (SSSR count). The second-order valence-corrected chi connectivity index (χ2v) is 4.46. The minimum Gasteiger partial charge on any atom is -0.478 e. The molecule has 0 aliphatic heterocycles. The average molecular weight is 268 g/mol. The lowest BCUT2D eigenvalue weighted by atomic mass is 10.2. The number of carbonyl (C=O) groups is 2. The largest absolute Gasteiger partial charge is 0.478 e. The highest BCUT2D eigenvalue weighted by Gasteiger charge is 2.18. The highest BCUT2D eigenvalue weighted by atomic mass is 16.4. The molecular weight excluding hydrogens is 248 g/mol. The third-order valence-electron chi connectivity index (χ3n) is 2.87. The molecule has 0 radical (unpaired) electrons. The van der Waals surface area contributed by atoms with Crippen LogP contribution in [0.3, 0.4) is 0 Å². The number of nitrogens with two attached hydrogens (primary N) is 1. The van der Waals surface area contributed by atoms with Crippen molar-refractivity contribution in [2.24, 2.45) is 12.8 Å². The fourth-order valence-corrected chi connectivity index (χ4v) is 1.86. The van der Waals surface area contributed by atoms with Gasteiger partial charge in [-0.2, -0.15) is 5.10 Å². The normalized spacial score (nSPS) is 10.9. The summed E-state index contributed by atoms with van der Waals surface area (Å²) in [5.41, 5.74) is 5.95. The van der Waals surface area contributed by atoms with Crippen LogP contribution in [0.4, 0.5) is 0 Å². The number of aromatic nitrogens is 2. The number of carboxylic acids is 1. The Morgan fingerprint density at radius 2 is 2.21 bits per heavy atom. The molecule has 7 heteroatoms. The summed E-state index contributed by atoms with van der Waals surface area (Å²) in [6, 6.07) is 0. The first kappa shape index (κ1) is 15.2. The number of carbonyl (C=O) groups excluding carboxylic acids is 1. The molecule has 1 aromatic heterocycles. The summed E-state index contributed by atoms with van der Waals surface area (Å²) in [5.74, 6) is -1.44. The molecule has 0 bridgehead atoms. The minimum absolute atomic E-state index is 0.115. The van der Waals surface area contributed by atoms with Crippen molar-refractivity contribution in [2.45, 2.75) is 26.3 Å². The van der Waals surface area contributed by atoms with Gasteiger partial charge in [0.25, 0.3) is 0 Å². The van der Waals surface area contributed by atoms with Gasteiger partial charge in [0.1, 0.15) is 5.56 Å². The molecule has 0 unspecified atom stereocenters. The van der Waals surface area contributed by atoms with E-state index in [1.807, 2.05) is 4.90 Å². The van der Waals surface area contributed by atoms with Crippen LogP contribution in [-0.2, 0) is 18.4 Å². The Labute approximate surface area is 112 Å². The summed E-state index contributed by atoms with van der Waals surface area (Å²) in [5, 5.41) is 13.0. The van der Waals surface area contributed by atoms with E-state index in [4.69, 9.17) is 10.8 Å². The van der Waals surface area contributed by atoms with Crippen molar-refractivity contribution in [1.82, 2.24) is 14.7 Å². The first-order valence-electron chi connectivity index (χ1n) is 6.20. The Morgan fingerprint density at radius 1 is 1.53 bits per heavy atom. The smallest absolute Gasteiger partial charge is 0.339 e. The van der Waals surface area contributed by atoms with Crippen molar-refractivity contribution in [1.29, 1.82) is 0 Å². The number of aromatic carboxylic acids is 1. The molecule has 3 N–H and O–H groups in total. The number of hydrogen-bond donors (Lipinski definition) is 2. The van der Waals surface area contributed by atoms with Crippen LogP contribution in [-0.4, -0.2) is 44.8 Å².